The third-order valence-corrected chi connectivity index (χ3v) is 1.94. The molecule has 0 radical (unpaired) electrons. The molecule has 0 saturated heterocycles. The first-order valence-electron chi connectivity index (χ1n) is 3.94. The lowest BCUT2D eigenvalue weighted by Gasteiger charge is -2.17. The molecule has 2 nitrogen and oxygen atoms in total. The Balaban J connectivity index is 3.08. The highest BCUT2D eigenvalue weighted by molar-refractivity contribution is 5.36. The fraction of sp³-hybridized carbons (Fsp3) is 0.333. The number of hydrogen-bond acceptors (Lipinski definition) is 2. The zero-order valence-electron chi connectivity index (χ0n) is 7.47. The Kier molecular flexibility index (Phi) is 2.71. The fourth-order valence-corrected chi connectivity index (χ4v) is 1.19. The molecule has 0 aliphatic rings. The van der Waals surface area contributed by atoms with E-state index in [0.29, 0.717) is 5.56 Å². The quantitative estimate of drug-likeness (QED) is 0.738. The minimum absolute atomic E-state index is 0.0182. The molecule has 78 valence electrons. The molecule has 1 aromatic carbocycles. The highest BCUT2D eigenvalue weighted by atomic mass is 19.4. The van der Waals surface area contributed by atoms with Crippen molar-refractivity contribution >= 4 is 0 Å². The maximum absolute atomic E-state index is 12.2. The summed E-state index contributed by atoms with van der Waals surface area (Å²) < 4.78 is 36.7. The van der Waals surface area contributed by atoms with Crippen molar-refractivity contribution in [1.82, 2.24) is 0 Å². The van der Waals surface area contributed by atoms with Gasteiger partial charge in [-0.3, -0.25) is 0 Å². The predicted molar refractivity (Wildman–Crippen MR) is 45.8 cm³/mol. The Labute approximate surface area is 79.2 Å². The van der Waals surface area contributed by atoms with E-state index in [0.717, 1.165) is 0 Å². The summed E-state index contributed by atoms with van der Waals surface area (Å²) >= 11 is 0. The second kappa shape index (κ2) is 3.49. The Bertz CT molecular complexity index is 335. The highest BCUT2D eigenvalue weighted by Gasteiger charge is 2.38. The van der Waals surface area contributed by atoms with Gasteiger partial charge in [0.15, 0.2) is 0 Å². The lowest BCUT2D eigenvalue weighted by molar-refractivity contribution is -0.149. The van der Waals surface area contributed by atoms with Gasteiger partial charge >= 0.3 is 6.18 Å². The van der Waals surface area contributed by atoms with Crippen LogP contribution in [-0.2, 0) is 0 Å². The molecular weight excluding hydrogens is 195 g/mol. The van der Waals surface area contributed by atoms with Crippen molar-refractivity contribution in [3.8, 4) is 5.75 Å². The van der Waals surface area contributed by atoms with Gasteiger partial charge in [0.05, 0.1) is 0 Å². The predicted octanol–water partition coefficient (Wildman–Crippen LogP) is 2.26. The second-order valence-electron chi connectivity index (χ2n) is 3.06. The Morgan fingerprint density at radius 2 is 1.93 bits per heavy atom. The van der Waals surface area contributed by atoms with Gasteiger partial charge in [0.1, 0.15) is 11.8 Å². The van der Waals surface area contributed by atoms with Crippen LogP contribution in [0.25, 0.3) is 0 Å². The molecule has 0 aliphatic heterocycles. The summed E-state index contributed by atoms with van der Waals surface area (Å²) in [7, 11) is 0. The summed E-state index contributed by atoms with van der Waals surface area (Å²) in [6.45, 7) is 1.47. The summed E-state index contributed by atoms with van der Waals surface area (Å²) in [5.74, 6) is -0.0689. The molecule has 0 saturated carbocycles. The Morgan fingerprint density at radius 1 is 1.36 bits per heavy atom. The monoisotopic (exact) mass is 205 g/mol. The SMILES string of the molecule is Cc1cc(O)ccc1[C@H](N)C(F)(F)F. The topological polar surface area (TPSA) is 46.2 Å². The van der Waals surface area contributed by atoms with Gasteiger partial charge in [0.25, 0.3) is 0 Å². The first kappa shape index (κ1) is 10.8. The van der Waals surface area contributed by atoms with E-state index < -0.39 is 12.2 Å². The molecule has 0 bridgehead atoms. The lowest BCUT2D eigenvalue weighted by Crippen LogP contribution is -2.29. The van der Waals surface area contributed by atoms with Gasteiger partial charge < -0.3 is 10.8 Å². The molecule has 5 heteroatoms. The summed E-state index contributed by atoms with van der Waals surface area (Å²) in [5, 5.41) is 9.00. The van der Waals surface area contributed by atoms with Crippen molar-refractivity contribution in [1.29, 1.82) is 0 Å². The van der Waals surface area contributed by atoms with E-state index in [1.165, 1.54) is 25.1 Å². The zero-order chi connectivity index (χ0) is 10.9. The molecule has 3 N–H and O–H groups in total. The number of phenolic OH excluding ortho intramolecular Hbond substituents is 1. The van der Waals surface area contributed by atoms with Crippen molar-refractivity contribution in [3.05, 3.63) is 29.3 Å². The van der Waals surface area contributed by atoms with Crippen LogP contribution in [0.15, 0.2) is 18.2 Å². The van der Waals surface area contributed by atoms with E-state index in [9.17, 15) is 13.2 Å². The van der Waals surface area contributed by atoms with Gasteiger partial charge in [-0.05, 0) is 30.2 Å². The normalized spacial score (nSPS) is 14.1. The van der Waals surface area contributed by atoms with Crippen LogP contribution in [0, 0.1) is 6.92 Å². The van der Waals surface area contributed by atoms with Crippen LogP contribution < -0.4 is 5.73 Å². The number of phenols is 1. The van der Waals surface area contributed by atoms with E-state index in [1.807, 2.05) is 0 Å². The molecule has 1 rings (SSSR count). The second-order valence-corrected chi connectivity index (χ2v) is 3.06. The number of alkyl halides is 3. The van der Waals surface area contributed by atoms with Gasteiger partial charge in [-0.25, -0.2) is 0 Å². The molecule has 0 aromatic heterocycles. The maximum atomic E-state index is 12.2. The summed E-state index contributed by atoms with van der Waals surface area (Å²) in [5.41, 5.74) is 5.33. The number of nitrogens with two attached hydrogens (primary N) is 1. The van der Waals surface area contributed by atoms with E-state index in [2.05, 4.69) is 0 Å². The van der Waals surface area contributed by atoms with Crippen molar-refractivity contribution in [3.63, 3.8) is 0 Å². The molecule has 1 atom stereocenters. The maximum Gasteiger partial charge on any atom is 0.407 e. The van der Waals surface area contributed by atoms with E-state index in [1.54, 1.807) is 0 Å². The van der Waals surface area contributed by atoms with Gasteiger partial charge in [-0.15, -0.1) is 0 Å². The largest absolute Gasteiger partial charge is 0.508 e. The lowest BCUT2D eigenvalue weighted by atomic mass is 10.0. The van der Waals surface area contributed by atoms with E-state index >= 15 is 0 Å². The number of benzene rings is 1. The van der Waals surface area contributed by atoms with Crippen LogP contribution in [0.1, 0.15) is 17.2 Å². The van der Waals surface area contributed by atoms with Gasteiger partial charge in [-0.1, -0.05) is 6.07 Å². The number of aryl methyl sites for hydroxylation is 1. The van der Waals surface area contributed by atoms with Crippen molar-refractivity contribution < 1.29 is 18.3 Å². The van der Waals surface area contributed by atoms with Crippen LogP contribution in [0.4, 0.5) is 13.2 Å². The van der Waals surface area contributed by atoms with Crippen LogP contribution >= 0.6 is 0 Å². The molecule has 0 aliphatic carbocycles. The third kappa shape index (κ3) is 2.17. The summed E-state index contributed by atoms with van der Waals surface area (Å²) in [4.78, 5) is 0. The van der Waals surface area contributed by atoms with Crippen molar-refractivity contribution in [2.45, 2.75) is 19.1 Å². The van der Waals surface area contributed by atoms with Crippen molar-refractivity contribution in [2.75, 3.05) is 0 Å². The highest BCUT2D eigenvalue weighted by Crippen LogP contribution is 2.32. The summed E-state index contributed by atoms with van der Waals surface area (Å²) in [6, 6.07) is 1.63. The summed E-state index contributed by atoms with van der Waals surface area (Å²) in [6.07, 6.45) is -4.46. The van der Waals surface area contributed by atoms with E-state index in [4.69, 9.17) is 10.8 Å². The first-order valence-corrected chi connectivity index (χ1v) is 3.94. The molecule has 0 unspecified atom stereocenters. The number of halogens is 3. The smallest absolute Gasteiger partial charge is 0.407 e. The average molecular weight is 205 g/mol. The molecule has 1 aromatic rings. The van der Waals surface area contributed by atoms with Crippen molar-refractivity contribution in [2.24, 2.45) is 5.73 Å². The minimum Gasteiger partial charge on any atom is -0.508 e. The van der Waals surface area contributed by atoms with E-state index in [-0.39, 0.29) is 11.3 Å². The van der Waals surface area contributed by atoms with Crippen LogP contribution in [-0.4, -0.2) is 11.3 Å². The number of hydrogen-bond donors (Lipinski definition) is 2. The fourth-order valence-electron chi connectivity index (χ4n) is 1.19. The molecule has 14 heavy (non-hydrogen) atoms. The standard InChI is InChI=1S/C9H10F3NO/c1-5-4-6(14)2-3-7(5)8(13)9(10,11)12/h2-4,8,14H,13H2,1H3/t8-/m0/s1. The minimum atomic E-state index is -4.46. The van der Waals surface area contributed by atoms with Gasteiger partial charge in [0.2, 0.25) is 0 Å². The molecule has 0 spiro atoms. The number of rotatable bonds is 1. The van der Waals surface area contributed by atoms with Gasteiger partial charge in [-0.2, -0.15) is 13.2 Å². The molecule has 0 fully saturated rings. The Hall–Kier alpha value is -1.23. The van der Waals surface area contributed by atoms with Crippen LogP contribution in [0.5, 0.6) is 5.75 Å². The molecule has 0 heterocycles. The Morgan fingerprint density at radius 3 is 2.36 bits per heavy atom. The zero-order valence-corrected chi connectivity index (χ0v) is 7.47. The first-order chi connectivity index (χ1) is 6.32. The van der Waals surface area contributed by atoms with Crippen LogP contribution in [0.3, 0.4) is 0 Å². The molecular formula is C9H10F3NO. The van der Waals surface area contributed by atoms with Gasteiger partial charge in [0, 0.05) is 0 Å². The average Bonchev–Trinajstić information content (AvgIpc) is 2.01. The van der Waals surface area contributed by atoms with Crippen LogP contribution in [0.2, 0.25) is 0 Å². The number of aromatic hydroxyl groups is 1. The molecule has 0 amide bonds. The third-order valence-electron chi connectivity index (χ3n) is 1.94.